The lowest BCUT2D eigenvalue weighted by molar-refractivity contribution is -0.668. The molecule has 0 aliphatic heterocycles. The fraction of sp³-hybridized carbons (Fsp3) is 0.194. The molecule has 0 aliphatic rings. The molecule has 0 bridgehead atoms. The summed E-state index contributed by atoms with van der Waals surface area (Å²) in [6.07, 6.45) is 6.35. The van der Waals surface area contributed by atoms with Gasteiger partial charge in [-0.25, -0.2) is 4.79 Å². The van der Waals surface area contributed by atoms with Crippen molar-refractivity contribution < 1.29 is 18.9 Å². The Morgan fingerprint density at radius 3 is 2.00 bits per heavy atom. The molecule has 194 valence electrons. The summed E-state index contributed by atoms with van der Waals surface area (Å²) in [6, 6.07) is 28.0. The highest BCUT2D eigenvalue weighted by molar-refractivity contribution is 7.10. The van der Waals surface area contributed by atoms with Crippen LogP contribution in [0.3, 0.4) is 0 Å². The average Bonchev–Trinajstić information content (AvgIpc) is 3.36. The van der Waals surface area contributed by atoms with Gasteiger partial charge in [0.15, 0.2) is 6.20 Å². The van der Waals surface area contributed by atoms with Crippen molar-refractivity contribution in [3.63, 3.8) is 0 Å². The average molecular weight is 527 g/mol. The molecule has 6 nitrogen and oxygen atoms in total. The molecular formula is C31H32N3O3S+. The van der Waals surface area contributed by atoms with E-state index in [1.807, 2.05) is 126 Å². The van der Waals surface area contributed by atoms with Crippen molar-refractivity contribution in [2.24, 2.45) is 7.05 Å². The second-order valence-electron chi connectivity index (χ2n) is 8.96. The van der Waals surface area contributed by atoms with E-state index in [9.17, 15) is 9.59 Å². The number of amides is 2. The first-order chi connectivity index (χ1) is 18.6. The number of thiazole rings is 1. The van der Waals surface area contributed by atoms with Crippen molar-refractivity contribution in [3.8, 4) is 0 Å². The first kappa shape index (κ1) is 26.8. The van der Waals surface area contributed by atoms with Crippen molar-refractivity contribution in [3.05, 3.63) is 130 Å². The Labute approximate surface area is 227 Å². The summed E-state index contributed by atoms with van der Waals surface area (Å²) >= 11 is 1.63. The van der Waals surface area contributed by atoms with E-state index in [0.29, 0.717) is 12.8 Å². The van der Waals surface area contributed by atoms with Crippen LogP contribution in [-0.4, -0.2) is 24.1 Å². The highest BCUT2D eigenvalue weighted by Crippen LogP contribution is 2.11. The molecule has 2 N–H and O–H groups in total. The van der Waals surface area contributed by atoms with Gasteiger partial charge in [-0.2, -0.15) is 4.57 Å². The van der Waals surface area contributed by atoms with Crippen LogP contribution in [0.4, 0.5) is 4.79 Å². The second kappa shape index (κ2) is 13.9. The molecule has 2 atom stereocenters. The summed E-state index contributed by atoms with van der Waals surface area (Å²) in [6.45, 7) is 0.129. The maximum absolute atomic E-state index is 13.6. The van der Waals surface area contributed by atoms with Crippen molar-refractivity contribution >= 4 is 29.4 Å². The number of benzene rings is 3. The molecule has 0 radical (unpaired) electrons. The molecule has 0 saturated heterocycles. The van der Waals surface area contributed by atoms with Gasteiger partial charge in [0.1, 0.15) is 19.7 Å². The van der Waals surface area contributed by atoms with E-state index in [0.717, 1.165) is 21.7 Å². The van der Waals surface area contributed by atoms with E-state index in [-0.39, 0.29) is 18.6 Å². The molecule has 0 saturated carbocycles. The fourth-order valence-corrected chi connectivity index (χ4v) is 4.76. The minimum Gasteiger partial charge on any atom is -0.445 e. The maximum atomic E-state index is 13.6. The molecule has 4 aromatic rings. The lowest BCUT2D eigenvalue weighted by atomic mass is 10.0. The highest BCUT2D eigenvalue weighted by atomic mass is 32.1. The number of aryl methyl sites for hydroxylation is 1. The van der Waals surface area contributed by atoms with Crippen molar-refractivity contribution in [2.45, 2.75) is 31.5 Å². The number of nitrogens with zero attached hydrogens (tertiary/aromatic N) is 1. The number of carbonyl (C=O) groups excluding carboxylic acids is 2. The number of alkyl carbamates (subject to hydrolysis) is 1. The minimum atomic E-state index is -0.801. The number of hydrogen-bond donors (Lipinski definition) is 2. The van der Waals surface area contributed by atoms with E-state index >= 15 is 0 Å². The van der Waals surface area contributed by atoms with Gasteiger partial charge in [0, 0.05) is 12.5 Å². The fourth-order valence-electron chi connectivity index (χ4n) is 3.99. The molecule has 0 fully saturated rings. The second-order valence-corrected chi connectivity index (χ2v) is 9.89. The largest absolute Gasteiger partial charge is 0.445 e. The van der Waals surface area contributed by atoms with Crippen molar-refractivity contribution in [1.82, 2.24) is 10.6 Å². The predicted molar refractivity (Wildman–Crippen MR) is 150 cm³/mol. The van der Waals surface area contributed by atoms with Crippen LogP contribution in [0.1, 0.15) is 21.7 Å². The lowest BCUT2D eigenvalue weighted by Crippen LogP contribution is -2.50. The standard InChI is InChI=1S/C31H31N3O3S/c1-34-19-20-38-29(34)18-17-27(21-24-11-5-2-6-12-24)32-30(35)28(22-25-13-7-3-8-14-25)33-31(36)37-23-26-15-9-4-10-16-26/h2-20,27-28H,21-23H2,1H3,(H-,32,33,35,36)/p+1/t27-,28+/m1/s1. The van der Waals surface area contributed by atoms with Crippen LogP contribution in [0.5, 0.6) is 0 Å². The van der Waals surface area contributed by atoms with E-state index in [1.165, 1.54) is 0 Å². The molecule has 1 aromatic heterocycles. The zero-order valence-electron chi connectivity index (χ0n) is 21.3. The maximum Gasteiger partial charge on any atom is 0.408 e. The Hall–Kier alpha value is -4.23. The molecule has 0 unspecified atom stereocenters. The summed E-state index contributed by atoms with van der Waals surface area (Å²) in [4.78, 5) is 26.3. The van der Waals surface area contributed by atoms with Gasteiger partial charge in [0.25, 0.3) is 5.01 Å². The third-order valence-corrected chi connectivity index (χ3v) is 6.95. The van der Waals surface area contributed by atoms with Gasteiger partial charge >= 0.3 is 6.09 Å². The Morgan fingerprint density at radius 2 is 1.42 bits per heavy atom. The Balaban J connectivity index is 1.48. The monoisotopic (exact) mass is 526 g/mol. The van der Waals surface area contributed by atoms with Gasteiger partial charge in [-0.1, -0.05) is 108 Å². The Kier molecular flexibility index (Phi) is 9.82. The smallest absolute Gasteiger partial charge is 0.408 e. The van der Waals surface area contributed by atoms with Crippen LogP contribution < -0.4 is 15.2 Å². The van der Waals surface area contributed by atoms with Gasteiger partial charge in [-0.15, -0.1) is 0 Å². The van der Waals surface area contributed by atoms with Gasteiger partial charge in [-0.05, 0) is 23.1 Å². The van der Waals surface area contributed by atoms with Gasteiger partial charge in [-0.3, -0.25) is 4.79 Å². The van der Waals surface area contributed by atoms with E-state index in [1.54, 1.807) is 11.3 Å². The SMILES string of the molecule is C[n+]1ccsc1C=C[C@H](Cc1ccccc1)NC(=O)[C@H](Cc1ccccc1)NC(=O)OCc1ccccc1. The van der Waals surface area contributed by atoms with Crippen LogP contribution in [0.15, 0.2) is 109 Å². The Morgan fingerprint density at radius 1 is 0.842 bits per heavy atom. The number of rotatable bonds is 11. The molecule has 3 aromatic carbocycles. The molecular weight excluding hydrogens is 494 g/mol. The van der Waals surface area contributed by atoms with E-state index in [2.05, 4.69) is 10.6 Å². The summed E-state index contributed by atoms with van der Waals surface area (Å²) in [5.74, 6) is -0.272. The summed E-state index contributed by atoms with van der Waals surface area (Å²) in [5, 5.41) is 9.02. The van der Waals surface area contributed by atoms with Crippen LogP contribution in [0.25, 0.3) is 6.08 Å². The van der Waals surface area contributed by atoms with Gasteiger partial charge in [0.05, 0.1) is 11.4 Å². The number of carbonyl (C=O) groups is 2. The van der Waals surface area contributed by atoms with Gasteiger partial charge < -0.3 is 15.4 Å². The Bertz CT molecular complexity index is 1320. The topological polar surface area (TPSA) is 71.3 Å². The molecule has 4 rings (SSSR count). The molecule has 38 heavy (non-hydrogen) atoms. The van der Waals surface area contributed by atoms with Crippen LogP contribution >= 0.6 is 11.3 Å². The van der Waals surface area contributed by atoms with E-state index in [4.69, 9.17) is 4.74 Å². The number of ether oxygens (including phenoxy) is 1. The first-order valence-electron chi connectivity index (χ1n) is 12.5. The summed E-state index contributed by atoms with van der Waals surface area (Å²) in [7, 11) is 1.99. The van der Waals surface area contributed by atoms with Crippen LogP contribution in [0, 0.1) is 0 Å². The van der Waals surface area contributed by atoms with Crippen LogP contribution in [0.2, 0.25) is 0 Å². The zero-order valence-corrected chi connectivity index (χ0v) is 22.1. The van der Waals surface area contributed by atoms with Crippen LogP contribution in [-0.2, 0) is 36.0 Å². The van der Waals surface area contributed by atoms with Gasteiger partial charge in [0.2, 0.25) is 5.91 Å². The highest BCUT2D eigenvalue weighted by Gasteiger charge is 2.24. The predicted octanol–water partition coefficient (Wildman–Crippen LogP) is 4.85. The minimum absolute atomic E-state index is 0.129. The summed E-state index contributed by atoms with van der Waals surface area (Å²) < 4.78 is 7.44. The molecule has 2 amide bonds. The normalized spacial score (nSPS) is 12.6. The molecule has 0 aliphatic carbocycles. The summed E-state index contributed by atoms with van der Waals surface area (Å²) in [5.41, 5.74) is 2.92. The van der Waals surface area contributed by atoms with Crippen molar-refractivity contribution in [2.75, 3.05) is 0 Å². The first-order valence-corrected chi connectivity index (χ1v) is 13.4. The number of nitrogens with one attached hydrogen (secondary N) is 2. The van der Waals surface area contributed by atoms with E-state index < -0.39 is 12.1 Å². The lowest BCUT2D eigenvalue weighted by Gasteiger charge is -2.22. The third-order valence-electron chi connectivity index (χ3n) is 6.02. The quantitative estimate of drug-likeness (QED) is 0.275. The number of aromatic nitrogens is 1. The third kappa shape index (κ3) is 8.42. The number of hydrogen-bond acceptors (Lipinski definition) is 4. The zero-order chi connectivity index (χ0) is 26.6. The molecule has 1 heterocycles. The van der Waals surface area contributed by atoms with Crippen molar-refractivity contribution in [1.29, 1.82) is 0 Å². The molecule has 0 spiro atoms. The molecule has 7 heteroatoms.